The second kappa shape index (κ2) is 10.9. The highest BCUT2D eigenvalue weighted by atomic mass is 35.5. The van der Waals surface area contributed by atoms with E-state index in [0.717, 1.165) is 4.90 Å². The lowest BCUT2D eigenvalue weighted by Crippen LogP contribution is -2.24. The van der Waals surface area contributed by atoms with Gasteiger partial charge in [-0.1, -0.05) is 30.7 Å². The summed E-state index contributed by atoms with van der Waals surface area (Å²) in [5.74, 6) is -2.27. The Kier molecular flexibility index (Phi) is 7.97. The van der Waals surface area contributed by atoms with Crippen LogP contribution in [-0.4, -0.2) is 33.2 Å². The summed E-state index contributed by atoms with van der Waals surface area (Å²) in [7, 11) is 0. The molecular formula is C24H21ClN2O5S. The van der Waals surface area contributed by atoms with Crippen LogP contribution in [0, 0.1) is 0 Å². The number of nitrogens with one attached hydrogen (secondary N) is 2. The largest absolute Gasteiger partial charge is 0.507 e. The average Bonchev–Trinajstić information content (AvgIpc) is 2.78. The smallest absolute Gasteiger partial charge is 0.339 e. The van der Waals surface area contributed by atoms with Crippen molar-refractivity contribution in [1.82, 2.24) is 0 Å². The van der Waals surface area contributed by atoms with Crippen LogP contribution in [0.4, 0.5) is 11.4 Å². The Balaban J connectivity index is 1.68. The van der Waals surface area contributed by atoms with Crippen molar-refractivity contribution in [2.24, 2.45) is 0 Å². The van der Waals surface area contributed by atoms with Gasteiger partial charge in [-0.3, -0.25) is 9.59 Å². The molecular weight excluding hydrogens is 464 g/mol. The van der Waals surface area contributed by atoms with Crippen LogP contribution in [-0.2, 0) is 4.79 Å². The molecule has 3 aromatic carbocycles. The molecule has 0 radical (unpaired) electrons. The minimum absolute atomic E-state index is 0.275. The number of carbonyl (C=O) groups is 3. The van der Waals surface area contributed by atoms with Gasteiger partial charge in [-0.25, -0.2) is 4.79 Å². The number of thioether (sulfide) groups is 1. The Bertz CT molecular complexity index is 1200. The number of aromatic carboxylic acids is 1. The lowest BCUT2D eigenvalue weighted by atomic mass is 10.1. The van der Waals surface area contributed by atoms with Crippen molar-refractivity contribution in [2.75, 3.05) is 10.6 Å². The predicted octanol–water partition coefficient (Wildman–Crippen LogP) is 5.51. The number of rotatable bonds is 8. The summed E-state index contributed by atoms with van der Waals surface area (Å²) in [4.78, 5) is 37.2. The molecule has 0 aromatic heterocycles. The fourth-order valence-corrected chi connectivity index (χ4v) is 4.18. The number of halogens is 1. The van der Waals surface area contributed by atoms with E-state index < -0.39 is 11.2 Å². The number of carboxylic acids is 1. The molecule has 1 unspecified atom stereocenters. The van der Waals surface area contributed by atoms with Crippen LogP contribution in [0.3, 0.4) is 0 Å². The molecule has 0 aliphatic carbocycles. The van der Waals surface area contributed by atoms with Crippen LogP contribution in [0.25, 0.3) is 0 Å². The van der Waals surface area contributed by atoms with Crippen molar-refractivity contribution in [3.05, 3.63) is 82.9 Å². The number of phenols is 1. The summed E-state index contributed by atoms with van der Waals surface area (Å²) >= 11 is 7.27. The van der Waals surface area contributed by atoms with Gasteiger partial charge in [0.1, 0.15) is 11.3 Å². The number of hydrogen-bond acceptors (Lipinski definition) is 5. The van der Waals surface area contributed by atoms with E-state index in [1.54, 1.807) is 42.5 Å². The second-order valence-electron chi connectivity index (χ2n) is 7.03. The minimum Gasteiger partial charge on any atom is -0.507 e. The van der Waals surface area contributed by atoms with Crippen LogP contribution in [0.5, 0.6) is 5.75 Å². The van der Waals surface area contributed by atoms with Gasteiger partial charge >= 0.3 is 5.97 Å². The molecule has 170 valence electrons. The maximum absolute atomic E-state index is 12.8. The van der Waals surface area contributed by atoms with Gasteiger partial charge in [0.2, 0.25) is 5.91 Å². The third-order valence-electron chi connectivity index (χ3n) is 4.61. The Morgan fingerprint density at radius 1 is 0.970 bits per heavy atom. The molecule has 7 nitrogen and oxygen atoms in total. The number of benzene rings is 3. The summed E-state index contributed by atoms with van der Waals surface area (Å²) < 4.78 is 0. The quantitative estimate of drug-likeness (QED) is 0.247. The Morgan fingerprint density at radius 3 is 2.39 bits per heavy atom. The first-order valence-electron chi connectivity index (χ1n) is 9.97. The van der Waals surface area contributed by atoms with Gasteiger partial charge in [-0.15, -0.1) is 11.8 Å². The summed E-state index contributed by atoms with van der Waals surface area (Å²) in [6.45, 7) is 1.86. The molecule has 0 fully saturated rings. The molecule has 0 bridgehead atoms. The highest BCUT2D eigenvalue weighted by molar-refractivity contribution is 8.00. The van der Waals surface area contributed by atoms with E-state index in [2.05, 4.69) is 10.6 Å². The average molecular weight is 485 g/mol. The van der Waals surface area contributed by atoms with Gasteiger partial charge in [0.25, 0.3) is 5.91 Å². The fourth-order valence-electron chi connectivity index (χ4n) is 2.97. The molecule has 0 heterocycles. The second-order valence-corrected chi connectivity index (χ2v) is 8.75. The molecule has 4 N–H and O–H groups in total. The van der Waals surface area contributed by atoms with Gasteiger partial charge in [-0.05, 0) is 61.0 Å². The van der Waals surface area contributed by atoms with Crippen molar-refractivity contribution in [3.8, 4) is 5.75 Å². The van der Waals surface area contributed by atoms with Crippen molar-refractivity contribution in [2.45, 2.75) is 23.5 Å². The standard InChI is InChI=1S/C24H21ClN2O5S/c1-2-21(23(30)27-17-9-10-20(28)19(13-17)24(31)32)33-18-8-4-7-16(12-18)26-22(29)14-5-3-6-15(25)11-14/h3-13,21,28H,2H2,1H3,(H,26,29)(H,27,30)(H,31,32). The number of carboxylic acid groups (broad SMARTS) is 1. The molecule has 1 atom stereocenters. The van der Waals surface area contributed by atoms with E-state index in [4.69, 9.17) is 16.7 Å². The van der Waals surface area contributed by atoms with Gasteiger partial charge in [0.15, 0.2) is 0 Å². The van der Waals surface area contributed by atoms with Crippen LogP contribution < -0.4 is 10.6 Å². The number of carbonyl (C=O) groups excluding carboxylic acids is 2. The third-order valence-corrected chi connectivity index (χ3v) is 6.21. The Hall–Kier alpha value is -3.49. The van der Waals surface area contributed by atoms with Crippen molar-refractivity contribution in [1.29, 1.82) is 0 Å². The zero-order valence-electron chi connectivity index (χ0n) is 17.5. The van der Waals surface area contributed by atoms with E-state index >= 15 is 0 Å². The zero-order valence-corrected chi connectivity index (χ0v) is 19.1. The molecule has 9 heteroatoms. The maximum Gasteiger partial charge on any atom is 0.339 e. The van der Waals surface area contributed by atoms with Crippen molar-refractivity contribution >= 4 is 52.5 Å². The van der Waals surface area contributed by atoms with Crippen LogP contribution in [0.15, 0.2) is 71.6 Å². The highest BCUT2D eigenvalue weighted by Crippen LogP contribution is 2.29. The zero-order chi connectivity index (χ0) is 24.0. The van der Waals surface area contributed by atoms with Gasteiger partial charge in [0.05, 0.1) is 5.25 Å². The van der Waals surface area contributed by atoms with Crippen molar-refractivity contribution in [3.63, 3.8) is 0 Å². The molecule has 0 spiro atoms. The first kappa shape index (κ1) is 24.2. The number of anilines is 2. The van der Waals surface area contributed by atoms with Gasteiger partial charge in [-0.2, -0.15) is 0 Å². The first-order chi connectivity index (χ1) is 15.8. The molecule has 33 heavy (non-hydrogen) atoms. The first-order valence-corrected chi connectivity index (χ1v) is 11.2. The molecule has 3 rings (SSSR count). The van der Waals surface area contributed by atoms with Crippen LogP contribution in [0.1, 0.15) is 34.1 Å². The van der Waals surface area contributed by atoms with E-state index in [1.807, 2.05) is 13.0 Å². The molecule has 0 saturated carbocycles. The van der Waals surface area contributed by atoms with Gasteiger partial charge < -0.3 is 20.8 Å². The topological polar surface area (TPSA) is 116 Å². The normalized spacial score (nSPS) is 11.5. The predicted molar refractivity (Wildman–Crippen MR) is 129 cm³/mol. The lowest BCUT2D eigenvalue weighted by molar-refractivity contribution is -0.115. The monoisotopic (exact) mass is 484 g/mol. The summed E-state index contributed by atoms with van der Waals surface area (Å²) in [6.07, 6.45) is 0.513. The molecule has 0 saturated heterocycles. The molecule has 0 aliphatic heterocycles. The molecule has 3 aromatic rings. The summed E-state index contributed by atoms with van der Waals surface area (Å²) in [5.41, 5.74) is 0.985. The van der Waals surface area contributed by atoms with Crippen LogP contribution >= 0.6 is 23.4 Å². The molecule has 2 amide bonds. The third kappa shape index (κ3) is 6.50. The number of hydrogen-bond donors (Lipinski definition) is 4. The van der Waals surface area contributed by atoms with E-state index in [1.165, 1.54) is 30.0 Å². The lowest BCUT2D eigenvalue weighted by Gasteiger charge is -2.16. The number of amides is 2. The Labute approximate surface area is 199 Å². The SMILES string of the molecule is CCC(Sc1cccc(NC(=O)c2cccc(Cl)c2)c1)C(=O)Nc1ccc(O)c(C(=O)O)c1. The minimum atomic E-state index is -1.29. The maximum atomic E-state index is 12.8. The Morgan fingerprint density at radius 2 is 1.70 bits per heavy atom. The van der Waals surface area contributed by atoms with E-state index in [9.17, 15) is 19.5 Å². The fraction of sp³-hybridized carbons (Fsp3) is 0.125. The van der Waals surface area contributed by atoms with E-state index in [-0.39, 0.29) is 28.8 Å². The van der Waals surface area contributed by atoms with Crippen molar-refractivity contribution < 1.29 is 24.6 Å². The molecule has 0 aliphatic rings. The number of aromatic hydroxyl groups is 1. The van der Waals surface area contributed by atoms with Crippen LogP contribution in [0.2, 0.25) is 5.02 Å². The van der Waals surface area contributed by atoms with Gasteiger partial charge in [0, 0.05) is 26.9 Å². The summed E-state index contributed by atoms with van der Waals surface area (Å²) in [5, 5.41) is 24.3. The highest BCUT2D eigenvalue weighted by Gasteiger charge is 2.20. The van der Waals surface area contributed by atoms with E-state index in [0.29, 0.717) is 22.7 Å². The summed E-state index contributed by atoms with van der Waals surface area (Å²) in [6, 6.07) is 17.6.